The zero-order valence-electron chi connectivity index (χ0n) is 18.2. The highest BCUT2D eigenvalue weighted by Gasteiger charge is 2.44. The van der Waals surface area contributed by atoms with Crippen LogP contribution in [0.2, 0.25) is 0 Å². The standard InChI is InChI=1S/C24H22FN5O4/c25-18-13-16-17(24(34)30(23(16)33)19-1-2-21(31)27-22(19)32)14-20(18)29-11-9-28(10-12-29)8-5-15-3-6-26-7-4-15/h1-4,6-7,13-14,19H,5,8-12H2,(H,27,31,32). The molecule has 1 aromatic heterocycles. The van der Waals surface area contributed by atoms with Crippen LogP contribution in [0, 0.1) is 5.82 Å². The Balaban J connectivity index is 1.29. The Labute approximate surface area is 194 Å². The fraction of sp³-hybridized carbons (Fsp3) is 0.292. The number of piperazine rings is 1. The number of benzene rings is 1. The van der Waals surface area contributed by atoms with E-state index in [9.17, 15) is 19.2 Å². The quantitative estimate of drug-likeness (QED) is 0.653. The van der Waals surface area contributed by atoms with Crippen molar-refractivity contribution in [3.8, 4) is 0 Å². The van der Waals surface area contributed by atoms with E-state index in [0.29, 0.717) is 13.1 Å². The minimum atomic E-state index is -1.25. The van der Waals surface area contributed by atoms with E-state index in [4.69, 9.17) is 0 Å². The maximum absolute atomic E-state index is 15.0. The Morgan fingerprint density at radius 2 is 1.65 bits per heavy atom. The van der Waals surface area contributed by atoms with E-state index in [1.54, 1.807) is 12.4 Å². The molecule has 1 saturated heterocycles. The summed E-state index contributed by atoms with van der Waals surface area (Å²) in [5.74, 6) is -3.43. The molecule has 0 saturated carbocycles. The van der Waals surface area contributed by atoms with Gasteiger partial charge in [0.1, 0.15) is 11.9 Å². The fourth-order valence-corrected chi connectivity index (χ4v) is 4.52. The second kappa shape index (κ2) is 8.79. The van der Waals surface area contributed by atoms with Gasteiger partial charge in [-0.25, -0.2) is 4.39 Å². The molecule has 0 bridgehead atoms. The van der Waals surface area contributed by atoms with Crippen LogP contribution in [0.25, 0.3) is 0 Å². The summed E-state index contributed by atoms with van der Waals surface area (Å²) in [5, 5.41) is 2.07. The van der Waals surface area contributed by atoms with Gasteiger partial charge in [-0.15, -0.1) is 0 Å². The van der Waals surface area contributed by atoms with E-state index in [1.807, 2.05) is 17.0 Å². The average molecular weight is 463 g/mol. The molecule has 2 aromatic rings. The number of anilines is 1. The molecule has 4 heterocycles. The summed E-state index contributed by atoms with van der Waals surface area (Å²) in [4.78, 5) is 58.3. The number of rotatable bonds is 5. The molecule has 0 radical (unpaired) electrons. The van der Waals surface area contributed by atoms with Crippen molar-refractivity contribution >= 4 is 29.3 Å². The van der Waals surface area contributed by atoms with Crippen LogP contribution in [0.4, 0.5) is 10.1 Å². The number of carbonyl (C=O) groups is 4. The number of halogens is 1. The minimum Gasteiger partial charge on any atom is -0.367 e. The van der Waals surface area contributed by atoms with Crippen molar-refractivity contribution < 1.29 is 23.6 Å². The maximum atomic E-state index is 15.0. The summed E-state index contributed by atoms with van der Waals surface area (Å²) in [7, 11) is 0. The molecule has 10 heteroatoms. The van der Waals surface area contributed by atoms with E-state index < -0.39 is 35.5 Å². The van der Waals surface area contributed by atoms with Crippen molar-refractivity contribution in [3.05, 3.63) is 71.3 Å². The Morgan fingerprint density at radius 3 is 2.32 bits per heavy atom. The number of pyridine rings is 1. The third-order valence-corrected chi connectivity index (χ3v) is 6.39. The van der Waals surface area contributed by atoms with Crippen LogP contribution in [-0.4, -0.2) is 77.2 Å². The Bertz CT molecular complexity index is 1210. The highest BCUT2D eigenvalue weighted by atomic mass is 19.1. The number of nitrogens with zero attached hydrogens (tertiary/aromatic N) is 4. The smallest absolute Gasteiger partial charge is 0.262 e. The molecular weight excluding hydrogens is 441 g/mol. The van der Waals surface area contributed by atoms with Crippen LogP contribution in [0.1, 0.15) is 26.3 Å². The number of amides is 4. The lowest BCUT2D eigenvalue weighted by Gasteiger charge is -2.36. The van der Waals surface area contributed by atoms with Gasteiger partial charge < -0.3 is 4.90 Å². The van der Waals surface area contributed by atoms with Crippen molar-refractivity contribution in [2.45, 2.75) is 12.5 Å². The molecule has 1 aromatic carbocycles. The maximum Gasteiger partial charge on any atom is 0.262 e. The van der Waals surface area contributed by atoms with Crippen LogP contribution in [-0.2, 0) is 16.0 Å². The Kier molecular flexibility index (Phi) is 5.66. The summed E-state index contributed by atoms with van der Waals surface area (Å²) >= 11 is 0. The van der Waals surface area contributed by atoms with Crippen molar-refractivity contribution in [2.24, 2.45) is 0 Å². The van der Waals surface area contributed by atoms with Crippen molar-refractivity contribution in [1.29, 1.82) is 0 Å². The molecule has 0 spiro atoms. The molecule has 1 atom stereocenters. The molecule has 34 heavy (non-hydrogen) atoms. The lowest BCUT2D eigenvalue weighted by molar-refractivity contribution is -0.130. The Morgan fingerprint density at radius 1 is 0.971 bits per heavy atom. The van der Waals surface area contributed by atoms with E-state index >= 15 is 4.39 Å². The van der Waals surface area contributed by atoms with Gasteiger partial charge in [0, 0.05) is 51.2 Å². The number of nitrogens with one attached hydrogen (secondary N) is 1. The predicted octanol–water partition coefficient (Wildman–Crippen LogP) is 0.763. The van der Waals surface area contributed by atoms with E-state index in [-0.39, 0.29) is 16.8 Å². The minimum absolute atomic E-state index is 0.0552. The lowest BCUT2D eigenvalue weighted by Crippen LogP contribution is -2.51. The first-order chi connectivity index (χ1) is 16.4. The topological polar surface area (TPSA) is 103 Å². The van der Waals surface area contributed by atoms with Crippen LogP contribution in [0.5, 0.6) is 0 Å². The fourth-order valence-electron chi connectivity index (χ4n) is 4.52. The Hall–Kier alpha value is -3.92. The van der Waals surface area contributed by atoms with Gasteiger partial charge in [-0.05, 0) is 42.3 Å². The molecule has 4 amide bonds. The number of fused-ring (bicyclic) bond motifs is 1. The summed E-state index contributed by atoms with van der Waals surface area (Å²) in [6.45, 7) is 3.51. The zero-order chi connectivity index (χ0) is 23.8. The third kappa shape index (κ3) is 3.96. The van der Waals surface area contributed by atoms with Gasteiger partial charge in [0.15, 0.2) is 0 Å². The predicted molar refractivity (Wildman–Crippen MR) is 120 cm³/mol. The van der Waals surface area contributed by atoms with Gasteiger partial charge in [0.2, 0.25) is 5.91 Å². The van der Waals surface area contributed by atoms with Crippen molar-refractivity contribution in [3.63, 3.8) is 0 Å². The highest BCUT2D eigenvalue weighted by Crippen LogP contribution is 2.32. The van der Waals surface area contributed by atoms with Gasteiger partial charge in [-0.2, -0.15) is 0 Å². The number of aromatic nitrogens is 1. The lowest BCUT2D eigenvalue weighted by atomic mass is 10.1. The molecule has 1 unspecified atom stereocenters. The second-order valence-corrected chi connectivity index (χ2v) is 8.42. The van der Waals surface area contributed by atoms with E-state index in [1.165, 1.54) is 17.7 Å². The van der Waals surface area contributed by atoms with Crippen LogP contribution in [0.15, 0.2) is 48.8 Å². The van der Waals surface area contributed by atoms with Crippen LogP contribution in [0.3, 0.4) is 0 Å². The van der Waals surface area contributed by atoms with E-state index in [0.717, 1.165) is 43.1 Å². The van der Waals surface area contributed by atoms with Gasteiger partial charge in [0.05, 0.1) is 16.8 Å². The van der Waals surface area contributed by atoms with Gasteiger partial charge in [0.25, 0.3) is 17.7 Å². The van der Waals surface area contributed by atoms with Crippen LogP contribution >= 0.6 is 0 Å². The number of hydrogen-bond donors (Lipinski definition) is 1. The highest BCUT2D eigenvalue weighted by molar-refractivity contribution is 6.24. The molecular formula is C24H22FN5O4. The molecule has 1 N–H and O–H groups in total. The number of imide groups is 2. The molecule has 9 nitrogen and oxygen atoms in total. The summed E-state index contributed by atoms with van der Waals surface area (Å²) < 4.78 is 15.0. The summed E-state index contributed by atoms with van der Waals surface area (Å²) in [6, 6.07) is 5.19. The zero-order valence-corrected chi connectivity index (χ0v) is 18.2. The molecule has 174 valence electrons. The average Bonchev–Trinajstić information content (AvgIpc) is 3.07. The van der Waals surface area contributed by atoms with Crippen LogP contribution < -0.4 is 10.2 Å². The molecule has 0 aliphatic carbocycles. The third-order valence-electron chi connectivity index (χ3n) is 6.39. The first-order valence-corrected chi connectivity index (χ1v) is 11.0. The molecule has 1 fully saturated rings. The largest absolute Gasteiger partial charge is 0.367 e. The first-order valence-electron chi connectivity index (χ1n) is 11.0. The normalized spacial score (nSPS) is 20.7. The van der Waals surface area contributed by atoms with Crippen molar-refractivity contribution in [2.75, 3.05) is 37.6 Å². The van der Waals surface area contributed by atoms with Crippen molar-refractivity contribution in [1.82, 2.24) is 20.1 Å². The number of hydrogen-bond acceptors (Lipinski definition) is 7. The molecule has 3 aliphatic rings. The second-order valence-electron chi connectivity index (χ2n) is 8.42. The monoisotopic (exact) mass is 463 g/mol. The first kappa shape index (κ1) is 21.9. The van der Waals surface area contributed by atoms with Gasteiger partial charge in [-0.3, -0.25) is 39.3 Å². The van der Waals surface area contributed by atoms with Gasteiger partial charge >= 0.3 is 0 Å². The SMILES string of the molecule is O=C1C=CC(N2C(=O)c3cc(F)c(N4CCN(CCc5ccncc5)CC4)cc3C2=O)C(=O)N1. The molecule has 3 aliphatic heterocycles. The molecule has 5 rings (SSSR count). The van der Waals surface area contributed by atoms with Gasteiger partial charge in [-0.1, -0.05) is 0 Å². The summed E-state index contributed by atoms with van der Waals surface area (Å²) in [5.41, 5.74) is 1.44. The number of carbonyl (C=O) groups excluding carboxylic acids is 4. The van der Waals surface area contributed by atoms with E-state index in [2.05, 4.69) is 15.2 Å². The summed E-state index contributed by atoms with van der Waals surface area (Å²) in [6.07, 6.45) is 6.74.